The van der Waals surface area contributed by atoms with E-state index in [1.807, 2.05) is 0 Å². The summed E-state index contributed by atoms with van der Waals surface area (Å²) in [6, 6.07) is 13.2. The van der Waals surface area contributed by atoms with Crippen molar-refractivity contribution in [1.82, 2.24) is 0 Å². The molecule has 166 valence electrons. The average Bonchev–Trinajstić information content (AvgIpc) is 2.69. The van der Waals surface area contributed by atoms with Crippen molar-refractivity contribution in [2.24, 2.45) is 0 Å². The van der Waals surface area contributed by atoms with Gasteiger partial charge in [0.15, 0.2) is 0 Å². The van der Waals surface area contributed by atoms with Crippen molar-refractivity contribution in [3.05, 3.63) is 58.7 Å². The monoisotopic (exact) mass is 418 g/mol. The molecule has 0 aliphatic heterocycles. The number of rotatable bonds is 4. The molecule has 0 amide bonds. The maximum atomic E-state index is 6.05. The Labute approximate surface area is 190 Å². The van der Waals surface area contributed by atoms with Gasteiger partial charge in [0.2, 0.25) is 0 Å². The van der Waals surface area contributed by atoms with E-state index in [2.05, 4.69) is 91.8 Å². The lowest BCUT2D eigenvalue weighted by atomic mass is 9.63. The van der Waals surface area contributed by atoms with Gasteiger partial charge in [0, 0.05) is 0 Å². The summed E-state index contributed by atoms with van der Waals surface area (Å²) in [5.74, 6) is 1.79. The third kappa shape index (κ3) is 4.13. The van der Waals surface area contributed by atoms with Gasteiger partial charge < -0.3 is 9.31 Å². The summed E-state index contributed by atoms with van der Waals surface area (Å²) >= 11 is 0. The predicted molar refractivity (Wildman–Crippen MR) is 132 cm³/mol. The Morgan fingerprint density at radius 3 is 1.19 bits per heavy atom. The highest BCUT2D eigenvalue weighted by molar-refractivity contribution is 6.20. The summed E-state index contributed by atoms with van der Waals surface area (Å²) in [7, 11) is 0.227. The lowest BCUT2D eigenvalue weighted by Gasteiger charge is -2.42. The van der Waals surface area contributed by atoms with E-state index in [0.29, 0.717) is 0 Å². The zero-order valence-corrected chi connectivity index (χ0v) is 20.8. The quantitative estimate of drug-likeness (QED) is 0.493. The van der Waals surface area contributed by atoms with Gasteiger partial charge in [-0.15, -0.1) is 0 Å². The van der Waals surface area contributed by atoms with Crippen molar-refractivity contribution in [1.29, 1.82) is 0 Å². The summed E-state index contributed by atoms with van der Waals surface area (Å²) in [6.45, 7) is 18.8. The standard InChI is InChI=1S/C28H39BO2/c1-25(2)13-15-27(5,6)23-17-19(9-11-21(23)25)30-29-31-20-10-12-22-24(18-20)28(7,8)16-14-26(22,3)4/h9-12,17-18,29H,13-16H2,1-8H3. The van der Waals surface area contributed by atoms with Crippen LogP contribution in [0.15, 0.2) is 36.4 Å². The van der Waals surface area contributed by atoms with Gasteiger partial charge in [-0.2, -0.15) is 0 Å². The van der Waals surface area contributed by atoms with Crippen molar-refractivity contribution in [2.75, 3.05) is 0 Å². The molecule has 2 aliphatic carbocycles. The fourth-order valence-electron chi connectivity index (χ4n) is 5.48. The molecule has 0 spiro atoms. The minimum atomic E-state index is 0.182. The second-order valence-corrected chi connectivity index (χ2v) is 12.4. The van der Waals surface area contributed by atoms with Crippen molar-refractivity contribution >= 4 is 7.69 Å². The Bertz CT molecular complexity index is 905. The van der Waals surface area contributed by atoms with Crippen LogP contribution in [0.3, 0.4) is 0 Å². The fourth-order valence-corrected chi connectivity index (χ4v) is 5.48. The number of benzene rings is 2. The van der Waals surface area contributed by atoms with Gasteiger partial charge in [-0.1, -0.05) is 67.5 Å². The molecule has 4 rings (SSSR count). The topological polar surface area (TPSA) is 18.5 Å². The highest BCUT2D eigenvalue weighted by Crippen LogP contribution is 2.48. The molecule has 2 nitrogen and oxygen atoms in total. The highest BCUT2D eigenvalue weighted by atomic mass is 16.6. The third-order valence-corrected chi connectivity index (χ3v) is 8.10. The van der Waals surface area contributed by atoms with E-state index < -0.39 is 0 Å². The Balaban J connectivity index is 1.50. The molecule has 0 aromatic heterocycles. The molecule has 0 saturated heterocycles. The van der Waals surface area contributed by atoms with Gasteiger partial charge in [-0.05, 0) is 93.9 Å². The van der Waals surface area contributed by atoms with Crippen LogP contribution in [0.5, 0.6) is 11.5 Å². The maximum absolute atomic E-state index is 6.05. The van der Waals surface area contributed by atoms with Crippen LogP contribution >= 0.6 is 0 Å². The molecule has 0 unspecified atom stereocenters. The van der Waals surface area contributed by atoms with E-state index in [0.717, 1.165) is 11.5 Å². The summed E-state index contributed by atoms with van der Waals surface area (Å²) in [6.07, 6.45) is 4.85. The molecule has 0 fully saturated rings. The molecule has 3 heteroatoms. The van der Waals surface area contributed by atoms with Crippen molar-refractivity contribution in [3.8, 4) is 11.5 Å². The maximum Gasteiger partial charge on any atom is 0.576 e. The smallest absolute Gasteiger partial charge is 0.529 e. The Morgan fingerprint density at radius 1 is 0.516 bits per heavy atom. The SMILES string of the molecule is CC1(C)CCC(C)(C)c2cc(OBOc3ccc4c(c3)C(C)(C)CCC4(C)C)ccc21. The van der Waals surface area contributed by atoms with Crippen LogP contribution in [0.2, 0.25) is 0 Å². The van der Waals surface area contributed by atoms with E-state index in [1.165, 1.54) is 47.9 Å². The van der Waals surface area contributed by atoms with Crippen LogP contribution in [-0.4, -0.2) is 7.69 Å². The molecular formula is C28H39BO2. The first kappa shape index (κ1) is 22.3. The van der Waals surface area contributed by atoms with Crippen LogP contribution in [0, 0.1) is 0 Å². The third-order valence-electron chi connectivity index (χ3n) is 8.10. The lowest BCUT2D eigenvalue weighted by molar-refractivity contribution is 0.329. The largest absolute Gasteiger partial charge is 0.576 e. The average molecular weight is 418 g/mol. The van der Waals surface area contributed by atoms with Gasteiger partial charge >= 0.3 is 7.69 Å². The van der Waals surface area contributed by atoms with Crippen molar-refractivity contribution in [3.63, 3.8) is 0 Å². The first-order valence-electron chi connectivity index (χ1n) is 11.9. The summed E-state index contributed by atoms with van der Waals surface area (Å²) in [5, 5.41) is 0. The second kappa shape index (κ2) is 7.32. The summed E-state index contributed by atoms with van der Waals surface area (Å²) < 4.78 is 12.1. The van der Waals surface area contributed by atoms with E-state index in [1.54, 1.807) is 0 Å². The molecule has 0 saturated carbocycles. The van der Waals surface area contributed by atoms with Gasteiger partial charge in [0.05, 0.1) is 0 Å². The van der Waals surface area contributed by atoms with Crippen LogP contribution in [0.4, 0.5) is 0 Å². The van der Waals surface area contributed by atoms with E-state index in [9.17, 15) is 0 Å². The van der Waals surface area contributed by atoms with Crippen LogP contribution in [0.1, 0.15) is 103 Å². The Hall–Kier alpha value is -1.90. The van der Waals surface area contributed by atoms with E-state index >= 15 is 0 Å². The van der Waals surface area contributed by atoms with Crippen molar-refractivity contribution < 1.29 is 9.31 Å². The molecule has 0 heterocycles. The van der Waals surface area contributed by atoms with E-state index in [-0.39, 0.29) is 29.3 Å². The van der Waals surface area contributed by atoms with Gasteiger partial charge in [-0.25, -0.2) is 0 Å². The molecule has 2 aromatic rings. The zero-order chi connectivity index (χ0) is 22.7. The molecular weight excluding hydrogens is 379 g/mol. The van der Waals surface area contributed by atoms with Gasteiger partial charge in [0.25, 0.3) is 0 Å². The van der Waals surface area contributed by atoms with E-state index in [4.69, 9.17) is 9.31 Å². The summed E-state index contributed by atoms with van der Waals surface area (Å²) in [5.41, 5.74) is 6.56. The molecule has 0 N–H and O–H groups in total. The molecule has 31 heavy (non-hydrogen) atoms. The second-order valence-electron chi connectivity index (χ2n) is 12.4. The molecule has 0 radical (unpaired) electrons. The normalized spacial score (nSPS) is 22.1. The Kier molecular flexibility index (Phi) is 5.27. The molecule has 0 bridgehead atoms. The minimum absolute atomic E-state index is 0.182. The number of hydrogen-bond donors (Lipinski definition) is 0. The first-order valence-corrected chi connectivity index (χ1v) is 11.9. The van der Waals surface area contributed by atoms with Crippen molar-refractivity contribution in [2.45, 2.75) is 103 Å². The number of fused-ring (bicyclic) bond motifs is 2. The van der Waals surface area contributed by atoms with Crippen LogP contribution in [-0.2, 0) is 21.7 Å². The zero-order valence-electron chi connectivity index (χ0n) is 20.8. The number of hydrogen-bond acceptors (Lipinski definition) is 2. The minimum Gasteiger partial charge on any atom is -0.529 e. The van der Waals surface area contributed by atoms with Gasteiger partial charge in [0.1, 0.15) is 11.5 Å². The molecule has 2 aromatic carbocycles. The molecule has 2 aliphatic rings. The summed E-state index contributed by atoms with van der Waals surface area (Å²) in [4.78, 5) is 0. The first-order chi connectivity index (χ1) is 14.3. The van der Waals surface area contributed by atoms with Crippen LogP contribution < -0.4 is 9.31 Å². The fraction of sp³-hybridized carbons (Fsp3) is 0.571. The van der Waals surface area contributed by atoms with Gasteiger partial charge in [-0.3, -0.25) is 0 Å². The predicted octanol–water partition coefficient (Wildman–Crippen LogP) is 7.11. The van der Waals surface area contributed by atoms with Crippen LogP contribution in [0.25, 0.3) is 0 Å². The molecule has 0 atom stereocenters. The lowest BCUT2D eigenvalue weighted by Crippen LogP contribution is -2.34. The highest BCUT2D eigenvalue weighted by Gasteiger charge is 2.38. The Morgan fingerprint density at radius 2 is 0.839 bits per heavy atom.